The molecule has 0 saturated heterocycles. The molecule has 0 heterocycles. The van der Waals surface area contributed by atoms with E-state index in [9.17, 15) is 43.2 Å². The Morgan fingerprint density at radius 3 is 0.980 bits per heavy atom. The molecule has 0 aliphatic heterocycles. The smallest absolute Gasteiger partial charge is 0.462 e. The van der Waals surface area contributed by atoms with Crippen molar-refractivity contribution in [2.75, 3.05) is 39.6 Å². The summed E-state index contributed by atoms with van der Waals surface area (Å²) in [6.45, 7) is 4.36. The molecule has 0 aromatic rings. The second kappa shape index (κ2) is 70.4. The van der Waals surface area contributed by atoms with Gasteiger partial charge in [0.15, 0.2) is 12.2 Å². The van der Waals surface area contributed by atoms with E-state index < -0.39 is 97.5 Å². The van der Waals surface area contributed by atoms with E-state index in [0.717, 1.165) is 135 Å². The van der Waals surface area contributed by atoms with Gasteiger partial charge in [0.05, 0.1) is 32.8 Å². The van der Waals surface area contributed by atoms with Crippen molar-refractivity contribution in [2.24, 2.45) is 0 Å². The van der Waals surface area contributed by atoms with Gasteiger partial charge in [-0.05, 0) is 116 Å². The van der Waals surface area contributed by atoms with Gasteiger partial charge in [-0.2, -0.15) is 0 Å². The Bertz CT molecular complexity index is 2430. The Balaban J connectivity index is 5.46. The lowest BCUT2D eigenvalue weighted by Crippen LogP contribution is -2.30. The van der Waals surface area contributed by atoms with Crippen LogP contribution in [0.15, 0.2) is 146 Å². The summed E-state index contributed by atoms with van der Waals surface area (Å²) >= 11 is 0. The highest BCUT2D eigenvalue weighted by atomic mass is 31.2. The normalized spacial score (nSPS) is 14.8. The second-order valence-electron chi connectivity index (χ2n) is 24.1. The molecule has 558 valence electrons. The highest BCUT2D eigenvalue weighted by molar-refractivity contribution is 7.47. The van der Waals surface area contributed by atoms with Crippen LogP contribution in [0.3, 0.4) is 0 Å². The van der Waals surface area contributed by atoms with E-state index >= 15 is 0 Å². The van der Waals surface area contributed by atoms with Crippen LogP contribution < -0.4 is 0 Å². The predicted molar refractivity (Wildman–Crippen MR) is 399 cm³/mol. The van der Waals surface area contributed by atoms with Gasteiger partial charge >= 0.3 is 39.5 Å². The minimum Gasteiger partial charge on any atom is -0.462 e. The van der Waals surface area contributed by atoms with Gasteiger partial charge in [-0.3, -0.25) is 37.3 Å². The van der Waals surface area contributed by atoms with Gasteiger partial charge in [0.1, 0.15) is 19.3 Å². The highest BCUT2D eigenvalue weighted by Gasteiger charge is 2.30. The third-order valence-electron chi connectivity index (χ3n) is 14.8. The summed E-state index contributed by atoms with van der Waals surface area (Å²) in [5.74, 6) is -2.41. The molecule has 0 aliphatic carbocycles. The first-order valence-electron chi connectivity index (χ1n) is 37.1. The summed E-state index contributed by atoms with van der Waals surface area (Å²) in [5.41, 5.74) is 0. The Morgan fingerprint density at radius 2 is 0.602 bits per heavy atom. The lowest BCUT2D eigenvalue weighted by atomic mass is 10.0. The number of aliphatic hydroxyl groups excluding tert-OH is 1. The second-order valence-corrected chi connectivity index (χ2v) is 27.0. The number of aliphatic hydroxyl groups is 1. The molecular weight excluding hydrogens is 1280 g/mol. The van der Waals surface area contributed by atoms with Crippen molar-refractivity contribution in [3.8, 4) is 0 Å². The van der Waals surface area contributed by atoms with Crippen molar-refractivity contribution in [2.45, 2.75) is 290 Å². The molecule has 0 saturated carbocycles. The molecule has 5 unspecified atom stereocenters. The number of hydrogen-bond donors (Lipinski definition) is 3. The van der Waals surface area contributed by atoms with Gasteiger partial charge in [0, 0.05) is 19.3 Å². The maximum absolute atomic E-state index is 13.1. The average molecular weight is 1410 g/mol. The zero-order valence-corrected chi connectivity index (χ0v) is 62.4. The average Bonchev–Trinajstić information content (AvgIpc) is 0.969. The fraction of sp³-hybridized carbons (Fsp3) is 0.646. The van der Waals surface area contributed by atoms with E-state index in [4.69, 9.17) is 37.0 Å². The fourth-order valence-electron chi connectivity index (χ4n) is 9.25. The summed E-state index contributed by atoms with van der Waals surface area (Å²) < 4.78 is 68.2. The van der Waals surface area contributed by atoms with E-state index in [1.165, 1.54) is 51.4 Å². The van der Waals surface area contributed by atoms with Gasteiger partial charge in [-0.25, -0.2) is 9.13 Å². The number of unbranched alkanes of at least 4 members (excludes halogenated alkanes) is 19. The number of carbonyl (C=O) groups is 4. The number of allylic oxidation sites excluding steroid dienone is 23. The first-order chi connectivity index (χ1) is 47.7. The number of hydrogen-bond acceptors (Lipinski definition) is 15. The first-order valence-corrected chi connectivity index (χ1v) is 40.1. The number of rotatable bonds is 68. The Kier molecular flexibility index (Phi) is 66.7. The lowest BCUT2D eigenvalue weighted by Gasteiger charge is -2.21. The van der Waals surface area contributed by atoms with Crippen LogP contribution in [-0.4, -0.2) is 96.7 Å². The molecule has 0 rings (SSSR count). The number of esters is 4. The monoisotopic (exact) mass is 1410 g/mol. The minimum absolute atomic E-state index is 0.0542. The van der Waals surface area contributed by atoms with Crippen LogP contribution in [0.4, 0.5) is 0 Å². The summed E-state index contributed by atoms with van der Waals surface area (Å²) in [4.78, 5) is 72.7. The van der Waals surface area contributed by atoms with Crippen LogP contribution in [0.1, 0.15) is 272 Å². The maximum Gasteiger partial charge on any atom is 0.472 e. The zero-order valence-electron chi connectivity index (χ0n) is 60.7. The van der Waals surface area contributed by atoms with Gasteiger partial charge in [-0.15, -0.1) is 0 Å². The third-order valence-corrected chi connectivity index (χ3v) is 16.7. The maximum atomic E-state index is 13.1. The molecule has 0 amide bonds. The van der Waals surface area contributed by atoms with Crippen molar-refractivity contribution >= 4 is 39.5 Å². The molecule has 0 aliphatic rings. The van der Waals surface area contributed by atoms with E-state index in [1.807, 2.05) is 30.4 Å². The molecule has 0 spiro atoms. The molecule has 0 aromatic carbocycles. The SMILES string of the molecule is CC/C=C\C/C=C\C/C=C\C/C=C\C/C=C\CCCC(=O)OCC(COP(=O)(O)OCC(O)COP(=O)(O)OCC(COC(=O)C/C=C\C/C=C\C/C=C\C/C=C\C/C=C\CC)OC(=O)CCCCCCC/C=C\C/C=C\CCC)OC(=O)CCCCCCCCCCCCCCC. The van der Waals surface area contributed by atoms with Crippen LogP contribution >= 0.6 is 15.6 Å². The lowest BCUT2D eigenvalue weighted by molar-refractivity contribution is -0.161. The van der Waals surface area contributed by atoms with Crippen molar-refractivity contribution in [1.82, 2.24) is 0 Å². The fourth-order valence-corrected chi connectivity index (χ4v) is 10.8. The predicted octanol–water partition coefficient (Wildman–Crippen LogP) is 21.1. The van der Waals surface area contributed by atoms with Gasteiger partial charge in [0.25, 0.3) is 0 Å². The third kappa shape index (κ3) is 69.4. The molecule has 17 nitrogen and oxygen atoms in total. The van der Waals surface area contributed by atoms with Crippen LogP contribution in [0.2, 0.25) is 0 Å². The van der Waals surface area contributed by atoms with E-state index in [-0.39, 0.29) is 25.7 Å². The van der Waals surface area contributed by atoms with Gasteiger partial charge < -0.3 is 33.8 Å². The number of phosphoric acid groups is 2. The molecule has 3 N–H and O–H groups in total. The molecule has 5 atom stereocenters. The number of carbonyl (C=O) groups excluding carboxylic acids is 4. The van der Waals surface area contributed by atoms with Crippen LogP contribution in [0, 0.1) is 0 Å². The first kappa shape index (κ1) is 92.9. The largest absolute Gasteiger partial charge is 0.472 e. The summed E-state index contributed by atoms with van der Waals surface area (Å²) in [7, 11) is -10.00. The zero-order chi connectivity index (χ0) is 71.8. The summed E-state index contributed by atoms with van der Waals surface area (Å²) in [6.07, 6.45) is 78.9. The minimum atomic E-state index is -5.00. The van der Waals surface area contributed by atoms with Gasteiger partial charge in [0.2, 0.25) is 0 Å². The highest BCUT2D eigenvalue weighted by Crippen LogP contribution is 2.45. The molecule has 0 aromatic heterocycles. The summed E-state index contributed by atoms with van der Waals surface area (Å²) in [5, 5.41) is 10.6. The van der Waals surface area contributed by atoms with E-state index in [1.54, 1.807) is 6.08 Å². The quantitative estimate of drug-likeness (QED) is 0.0169. The molecule has 0 bridgehead atoms. The van der Waals surface area contributed by atoms with Crippen molar-refractivity contribution in [3.05, 3.63) is 146 Å². The van der Waals surface area contributed by atoms with Crippen LogP contribution in [0.25, 0.3) is 0 Å². The standard InChI is InChI=1S/C79H130O17P2/c1-5-9-13-17-21-25-29-33-35-36-38-42-44-48-52-56-60-64-77(82)90-70-75(96-79(84)66-62-58-54-50-46-40-32-28-24-20-16-12-8-4)72-94-98(87,88)92-68-73(80)67-91-97(85,86)93-71-74(95-78(83)65-61-57-53-49-45-39-31-27-23-19-15-11-7-3)69-89-76(81)63-59-55-51-47-43-41-37-34-30-26-22-18-14-10-6-2/h9-10,13-15,19,21-22,25-27,31,33-35,37-38,42-43,47-48,52,55,59,73-75,80H,5-8,11-12,16-18,20,23-24,28-30,32,36,39-41,44-46,49-51,53-54,56-58,60-72H2,1-4H3,(H,85,86)(H,87,88)/b13-9-,14-10-,19-15-,25-21-,26-22-,31-27-,35-33-,37-34-,42-38-,47-43-,52-48-,59-55-. The van der Waals surface area contributed by atoms with Crippen LogP contribution in [-0.2, 0) is 65.4 Å². The van der Waals surface area contributed by atoms with E-state index in [0.29, 0.717) is 32.1 Å². The van der Waals surface area contributed by atoms with Crippen molar-refractivity contribution < 1.29 is 80.2 Å². The topological polar surface area (TPSA) is 237 Å². The molecule has 0 radical (unpaired) electrons. The molecule has 0 fully saturated rings. The van der Waals surface area contributed by atoms with Crippen molar-refractivity contribution in [1.29, 1.82) is 0 Å². The Hall–Kier alpha value is -5.06. The Labute approximate surface area is 592 Å². The van der Waals surface area contributed by atoms with Gasteiger partial charge in [-0.1, -0.05) is 276 Å². The molecule has 19 heteroatoms. The molecule has 98 heavy (non-hydrogen) atoms. The van der Waals surface area contributed by atoms with Crippen molar-refractivity contribution in [3.63, 3.8) is 0 Å². The number of phosphoric ester groups is 2. The van der Waals surface area contributed by atoms with E-state index in [2.05, 4.69) is 137 Å². The Morgan fingerprint density at radius 1 is 0.306 bits per heavy atom. The van der Waals surface area contributed by atoms with Crippen LogP contribution in [0.5, 0.6) is 0 Å². The number of ether oxygens (including phenoxy) is 4. The molecular formula is C79H130O17P2. The summed E-state index contributed by atoms with van der Waals surface area (Å²) in [6, 6.07) is 0.